The van der Waals surface area contributed by atoms with Crippen molar-refractivity contribution in [1.82, 2.24) is 4.90 Å². The standard InChI is InChI=1S/C40H79NO3S/c1-8-11-14-17-20-23-27-32-37-42-45(38-33-28-26-31-36-41(6)7,43-39(4)34-29-24-21-18-15-12-9-2)44-40(5)35-30-25-22-19-16-13-10-3/h20-25,39-40H,8-19,26-38H2,1-7H3/b23-20-,24-21-,25-22-/t39-,40-/m0/s1. The van der Waals surface area contributed by atoms with Gasteiger partial charge in [0.2, 0.25) is 0 Å². The largest absolute Gasteiger partial charge is 0.309 e. The van der Waals surface area contributed by atoms with Crippen molar-refractivity contribution in [3.63, 3.8) is 0 Å². The second-order valence-corrected chi connectivity index (χ2v) is 15.5. The third kappa shape index (κ3) is 30.5. The normalized spacial score (nSPS) is 14.5. The van der Waals surface area contributed by atoms with Gasteiger partial charge in [0.15, 0.2) is 0 Å². The fourth-order valence-electron chi connectivity index (χ4n) is 5.18. The van der Waals surface area contributed by atoms with Gasteiger partial charge in [-0.2, -0.15) is 0 Å². The molecule has 0 amide bonds. The molecule has 0 spiro atoms. The predicted molar refractivity (Wildman–Crippen MR) is 204 cm³/mol. The van der Waals surface area contributed by atoms with Gasteiger partial charge in [0, 0.05) is 5.75 Å². The first-order valence-corrected chi connectivity index (χ1v) is 20.9. The lowest BCUT2D eigenvalue weighted by Crippen LogP contribution is -2.25. The monoisotopic (exact) mass is 654 g/mol. The number of hydrogen-bond donors (Lipinski definition) is 0. The second-order valence-electron chi connectivity index (χ2n) is 13.3. The molecule has 0 aromatic heterocycles. The number of unbranched alkanes of at least 4 members (excludes halogenated alkanes) is 13. The van der Waals surface area contributed by atoms with Crippen LogP contribution in [0.2, 0.25) is 0 Å². The molecule has 0 aliphatic heterocycles. The van der Waals surface area contributed by atoms with Crippen LogP contribution in [0.3, 0.4) is 0 Å². The summed E-state index contributed by atoms with van der Waals surface area (Å²) in [5.74, 6) is 0.871. The molecule has 0 saturated carbocycles. The summed E-state index contributed by atoms with van der Waals surface area (Å²) < 4.78 is 20.6. The summed E-state index contributed by atoms with van der Waals surface area (Å²) in [4.78, 5) is 2.28. The van der Waals surface area contributed by atoms with E-state index in [1.165, 1.54) is 96.3 Å². The molecule has 2 atom stereocenters. The molecular formula is C40H79NO3S. The van der Waals surface area contributed by atoms with Crippen LogP contribution in [0.5, 0.6) is 0 Å². The van der Waals surface area contributed by atoms with Gasteiger partial charge in [0.05, 0.1) is 29.7 Å². The molecule has 0 radical (unpaired) electrons. The van der Waals surface area contributed by atoms with Gasteiger partial charge in [-0.15, -0.1) is 0 Å². The van der Waals surface area contributed by atoms with E-state index in [2.05, 4.69) is 90.1 Å². The van der Waals surface area contributed by atoms with E-state index in [-0.39, 0.29) is 12.2 Å². The molecule has 4 nitrogen and oxygen atoms in total. The minimum absolute atomic E-state index is 0.109. The van der Waals surface area contributed by atoms with Crippen LogP contribution in [-0.4, -0.2) is 50.1 Å². The number of hydrogen-bond acceptors (Lipinski definition) is 4. The molecular weight excluding hydrogens is 575 g/mol. The molecule has 0 aliphatic rings. The number of rotatable bonds is 34. The summed E-state index contributed by atoms with van der Waals surface area (Å²) in [6.45, 7) is 13.1. The van der Waals surface area contributed by atoms with Crippen LogP contribution in [-0.2, 0) is 12.5 Å². The highest BCUT2D eigenvalue weighted by atomic mass is 32.3. The van der Waals surface area contributed by atoms with Gasteiger partial charge in [0.1, 0.15) is 0 Å². The highest BCUT2D eigenvalue weighted by Gasteiger charge is 2.31. The van der Waals surface area contributed by atoms with Gasteiger partial charge in [-0.25, -0.2) is 0 Å². The third-order valence-electron chi connectivity index (χ3n) is 8.05. The van der Waals surface area contributed by atoms with Gasteiger partial charge in [-0.05, 0) is 124 Å². The first-order chi connectivity index (χ1) is 21.9. The molecule has 0 bridgehead atoms. The fourth-order valence-corrected chi connectivity index (χ4v) is 7.77. The molecule has 0 N–H and O–H groups in total. The van der Waals surface area contributed by atoms with E-state index >= 15 is 0 Å². The predicted octanol–water partition coefficient (Wildman–Crippen LogP) is 13.2. The first kappa shape index (κ1) is 44.4. The zero-order valence-corrected chi connectivity index (χ0v) is 32.2. The van der Waals surface area contributed by atoms with Gasteiger partial charge in [-0.3, -0.25) is 12.5 Å². The van der Waals surface area contributed by atoms with E-state index in [9.17, 15) is 0 Å². The summed E-state index contributed by atoms with van der Waals surface area (Å²) in [7, 11) is 2.23. The van der Waals surface area contributed by atoms with Crippen LogP contribution >= 0.6 is 10.9 Å². The zero-order valence-electron chi connectivity index (χ0n) is 31.4. The summed E-state index contributed by atoms with van der Waals surface area (Å²) in [6, 6.07) is 0. The summed E-state index contributed by atoms with van der Waals surface area (Å²) in [5, 5.41) is 0. The molecule has 268 valence electrons. The van der Waals surface area contributed by atoms with E-state index in [1.807, 2.05) is 0 Å². The quantitative estimate of drug-likeness (QED) is 0.0511. The maximum Gasteiger partial charge on any atom is 0.0892 e. The topological polar surface area (TPSA) is 30.9 Å². The molecule has 0 fully saturated rings. The zero-order chi connectivity index (χ0) is 33.3. The van der Waals surface area contributed by atoms with E-state index in [0.717, 1.165) is 57.2 Å². The lowest BCUT2D eigenvalue weighted by Gasteiger charge is -2.41. The summed E-state index contributed by atoms with van der Waals surface area (Å²) in [6.07, 6.45) is 40.5. The van der Waals surface area contributed by atoms with Crippen molar-refractivity contribution < 1.29 is 12.5 Å². The molecule has 0 unspecified atom stereocenters. The van der Waals surface area contributed by atoms with E-state index in [0.29, 0.717) is 6.61 Å². The average Bonchev–Trinajstić information content (AvgIpc) is 3.01. The second kappa shape index (κ2) is 33.3. The summed E-state index contributed by atoms with van der Waals surface area (Å²) >= 11 is 0. The van der Waals surface area contributed by atoms with Crippen LogP contribution in [0, 0.1) is 0 Å². The van der Waals surface area contributed by atoms with Gasteiger partial charge < -0.3 is 4.90 Å². The maximum atomic E-state index is 6.90. The van der Waals surface area contributed by atoms with E-state index in [1.54, 1.807) is 0 Å². The summed E-state index contributed by atoms with van der Waals surface area (Å²) in [5.41, 5.74) is 0. The molecule has 0 aliphatic carbocycles. The van der Waals surface area contributed by atoms with Crippen LogP contribution in [0.4, 0.5) is 0 Å². The van der Waals surface area contributed by atoms with Gasteiger partial charge in [-0.1, -0.05) is 109 Å². The molecule has 45 heavy (non-hydrogen) atoms. The van der Waals surface area contributed by atoms with Crippen LogP contribution < -0.4 is 0 Å². The fraction of sp³-hybridized carbons (Fsp3) is 0.850. The smallest absolute Gasteiger partial charge is 0.0892 e. The van der Waals surface area contributed by atoms with Crippen LogP contribution in [0.1, 0.15) is 176 Å². The van der Waals surface area contributed by atoms with Gasteiger partial charge in [0.25, 0.3) is 0 Å². The Balaban J connectivity index is 5.37. The lowest BCUT2D eigenvalue weighted by molar-refractivity contribution is 0.103. The average molecular weight is 654 g/mol. The molecule has 0 aromatic rings. The Morgan fingerprint density at radius 3 is 1.38 bits per heavy atom. The Kier molecular flexibility index (Phi) is 32.9. The molecule has 0 rings (SSSR count). The Morgan fingerprint density at radius 2 is 0.933 bits per heavy atom. The Morgan fingerprint density at radius 1 is 0.511 bits per heavy atom. The van der Waals surface area contributed by atoms with E-state index < -0.39 is 10.9 Å². The van der Waals surface area contributed by atoms with Gasteiger partial charge >= 0.3 is 0 Å². The lowest BCUT2D eigenvalue weighted by atomic mass is 10.1. The van der Waals surface area contributed by atoms with Crippen molar-refractivity contribution in [2.75, 3.05) is 33.0 Å². The highest BCUT2D eigenvalue weighted by Crippen LogP contribution is 2.55. The highest BCUT2D eigenvalue weighted by molar-refractivity contribution is 8.21. The van der Waals surface area contributed by atoms with Crippen LogP contribution in [0.15, 0.2) is 36.5 Å². The molecule has 5 heteroatoms. The SMILES string of the molecule is CCCCC/C=C\CCCOS(CCCCCCN(C)C)(O[C@@H](C)CC/C=C\CCCCC)O[C@@H](C)CC/C=C\CCCCC. The van der Waals surface area contributed by atoms with Crippen molar-refractivity contribution in [3.8, 4) is 0 Å². The van der Waals surface area contributed by atoms with Crippen molar-refractivity contribution in [2.45, 2.75) is 188 Å². The van der Waals surface area contributed by atoms with Crippen molar-refractivity contribution in [2.24, 2.45) is 0 Å². The molecule has 0 heterocycles. The Labute approximate surface area is 285 Å². The first-order valence-electron chi connectivity index (χ1n) is 19.3. The number of nitrogens with zero attached hydrogens (tertiary/aromatic N) is 1. The molecule has 0 saturated heterocycles. The Hall–Kier alpha value is -0.590. The van der Waals surface area contributed by atoms with E-state index in [4.69, 9.17) is 12.5 Å². The van der Waals surface area contributed by atoms with Crippen molar-refractivity contribution in [3.05, 3.63) is 36.5 Å². The minimum Gasteiger partial charge on any atom is -0.309 e. The number of allylic oxidation sites excluding steroid dienone is 6. The van der Waals surface area contributed by atoms with Crippen LogP contribution in [0.25, 0.3) is 0 Å². The maximum absolute atomic E-state index is 6.90. The minimum atomic E-state index is -2.10. The Bertz CT molecular complexity index is 661. The third-order valence-corrected chi connectivity index (χ3v) is 10.6. The van der Waals surface area contributed by atoms with Crippen molar-refractivity contribution >= 4 is 10.9 Å². The molecule has 0 aromatic carbocycles. The van der Waals surface area contributed by atoms with Crippen molar-refractivity contribution in [1.29, 1.82) is 0 Å².